The third-order valence-electron chi connectivity index (χ3n) is 1.19. The summed E-state index contributed by atoms with van der Waals surface area (Å²) in [5, 5.41) is 10.4. The standard InChI is InChI=1S/C5H2N4OS2/c10-5(3-1-11-8-6-3)4-2-12-9-7-4/h1-2H. The van der Waals surface area contributed by atoms with E-state index in [1.807, 2.05) is 0 Å². The first-order valence-corrected chi connectivity index (χ1v) is 4.64. The average molecular weight is 198 g/mol. The highest BCUT2D eigenvalue weighted by Gasteiger charge is 2.13. The summed E-state index contributed by atoms with van der Waals surface area (Å²) in [5.74, 6) is -0.225. The molecule has 0 spiro atoms. The third kappa shape index (κ3) is 1.23. The maximum Gasteiger partial charge on any atom is 0.235 e. The maximum atomic E-state index is 11.4. The van der Waals surface area contributed by atoms with Crippen molar-refractivity contribution < 1.29 is 4.79 Å². The van der Waals surface area contributed by atoms with Crippen molar-refractivity contribution in [2.24, 2.45) is 0 Å². The van der Waals surface area contributed by atoms with Gasteiger partial charge in [-0.15, -0.1) is 10.2 Å². The number of hydrogen-bond donors (Lipinski definition) is 0. The molecule has 0 radical (unpaired) electrons. The molecule has 2 heterocycles. The van der Waals surface area contributed by atoms with Crippen LogP contribution in [0.15, 0.2) is 10.8 Å². The first-order chi connectivity index (χ1) is 5.88. The summed E-state index contributed by atoms with van der Waals surface area (Å²) < 4.78 is 7.16. The average Bonchev–Trinajstić information content (AvgIpc) is 2.77. The number of aromatic nitrogens is 4. The topological polar surface area (TPSA) is 68.6 Å². The fraction of sp³-hybridized carbons (Fsp3) is 0. The second kappa shape index (κ2) is 3.03. The Labute approximate surface area is 75.4 Å². The molecule has 0 aliphatic rings. The molecule has 2 aromatic rings. The van der Waals surface area contributed by atoms with Crippen molar-refractivity contribution in [2.45, 2.75) is 0 Å². The molecule has 0 aliphatic carbocycles. The Hall–Kier alpha value is -1.21. The van der Waals surface area contributed by atoms with Crippen molar-refractivity contribution in [3.8, 4) is 0 Å². The van der Waals surface area contributed by atoms with E-state index in [0.29, 0.717) is 11.4 Å². The summed E-state index contributed by atoms with van der Waals surface area (Å²) in [6.07, 6.45) is 0. The molecule has 0 N–H and O–H groups in total. The lowest BCUT2D eigenvalue weighted by molar-refractivity contribution is 0.103. The van der Waals surface area contributed by atoms with Gasteiger partial charge in [0.1, 0.15) is 11.4 Å². The van der Waals surface area contributed by atoms with E-state index in [-0.39, 0.29) is 5.78 Å². The summed E-state index contributed by atoms with van der Waals surface area (Å²) in [6, 6.07) is 0. The molecule has 7 heteroatoms. The van der Waals surface area contributed by atoms with Crippen molar-refractivity contribution >= 4 is 28.8 Å². The van der Waals surface area contributed by atoms with Crippen LogP contribution in [-0.2, 0) is 0 Å². The quantitative estimate of drug-likeness (QED) is 0.662. The molecule has 0 saturated carbocycles. The smallest absolute Gasteiger partial charge is 0.235 e. The molecular formula is C5H2N4OS2. The molecule has 0 saturated heterocycles. The van der Waals surface area contributed by atoms with Crippen LogP contribution in [0.25, 0.3) is 0 Å². The maximum absolute atomic E-state index is 11.4. The first kappa shape index (κ1) is 7.44. The highest BCUT2D eigenvalue weighted by Crippen LogP contribution is 2.06. The predicted molar refractivity (Wildman–Crippen MR) is 43.3 cm³/mol. The van der Waals surface area contributed by atoms with Gasteiger partial charge in [-0.2, -0.15) is 0 Å². The summed E-state index contributed by atoms with van der Waals surface area (Å²) >= 11 is 2.28. The molecule has 0 atom stereocenters. The summed E-state index contributed by atoms with van der Waals surface area (Å²) in [7, 11) is 0. The van der Waals surface area contributed by atoms with Gasteiger partial charge in [-0.25, -0.2) is 0 Å². The lowest BCUT2D eigenvalue weighted by Crippen LogP contribution is -2.02. The number of ketones is 1. The van der Waals surface area contributed by atoms with E-state index >= 15 is 0 Å². The third-order valence-corrected chi connectivity index (χ3v) is 2.19. The van der Waals surface area contributed by atoms with Gasteiger partial charge < -0.3 is 0 Å². The molecular weight excluding hydrogens is 196 g/mol. The zero-order valence-electron chi connectivity index (χ0n) is 5.67. The zero-order valence-corrected chi connectivity index (χ0v) is 7.30. The number of rotatable bonds is 2. The van der Waals surface area contributed by atoms with Crippen LogP contribution in [0.4, 0.5) is 0 Å². The minimum absolute atomic E-state index is 0.225. The largest absolute Gasteiger partial charge is 0.285 e. The highest BCUT2D eigenvalue weighted by atomic mass is 32.1. The van der Waals surface area contributed by atoms with Gasteiger partial charge in [0, 0.05) is 10.8 Å². The van der Waals surface area contributed by atoms with Gasteiger partial charge in [0.25, 0.3) is 0 Å². The van der Waals surface area contributed by atoms with E-state index < -0.39 is 0 Å². The van der Waals surface area contributed by atoms with E-state index in [9.17, 15) is 4.79 Å². The minimum Gasteiger partial charge on any atom is -0.285 e. The van der Waals surface area contributed by atoms with Crippen molar-refractivity contribution in [3.05, 3.63) is 22.1 Å². The SMILES string of the molecule is O=C(c1csnn1)c1csnn1. The second-order valence-corrected chi connectivity index (χ2v) is 3.13. The molecule has 5 nitrogen and oxygen atoms in total. The Balaban J connectivity index is 2.34. The first-order valence-electron chi connectivity index (χ1n) is 2.97. The Kier molecular flexibility index (Phi) is 1.88. The molecule has 0 bridgehead atoms. The van der Waals surface area contributed by atoms with Gasteiger partial charge in [-0.05, 0) is 23.1 Å². The summed E-state index contributed by atoms with van der Waals surface area (Å²) in [6.45, 7) is 0. The van der Waals surface area contributed by atoms with E-state index in [0.717, 1.165) is 23.1 Å². The van der Waals surface area contributed by atoms with Crippen LogP contribution in [0.3, 0.4) is 0 Å². The van der Waals surface area contributed by atoms with E-state index in [2.05, 4.69) is 19.2 Å². The number of carbonyl (C=O) groups excluding carboxylic acids is 1. The van der Waals surface area contributed by atoms with Crippen molar-refractivity contribution in [2.75, 3.05) is 0 Å². The van der Waals surface area contributed by atoms with Crippen LogP contribution < -0.4 is 0 Å². The molecule has 0 fully saturated rings. The summed E-state index contributed by atoms with van der Waals surface area (Å²) in [5.41, 5.74) is 0.653. The lowest BCUT2D eigenvalue weighted by atomic mass is 10.2. The van der Waals surface area contributed by atoms with Crippen LogP contribution >= 0.6 is 23.1 Å². The van der Waals surface area contributed by atoms with Crippen molar-refractivity contribution in [3.63, 3.8) is 0 Å². The fourth-order valence-electron chi connectivity index (χ4n) is 0.658. The zero-order chi connectivity index (χ0) is 8.39. The van der Waals surface area contributed by atoms with Gasteiger partial charge in [0.2, 0.25) is 5.78 Å². The van der Waals surface area contributed by atoms with E-state index in [4.69, 9.17) is 0 Å². The Morgan fingerprint density at radius 3 is 1.92 bits per heavy atom. The number of carbonyl (C=O) groups is 1. The van der Waals surface area contributed by atoms with E-state index in [1.54, 1.807) is 10.8 Å². The fourth-order valence-corrected chi connectivity index (χ4v) is 1.53. The van der Waals surface area contributed by atoms with Gasteiger partial charge in [0.05, 0.1) is 0 Å². The van der Waals surface area contributed by atoms with Crippen LogP contribution in [0, 0.1) is 0 Å². The Morgan fingerprint density at radius 2 is 1.58 bits per heavy atom. The van der Waals surface area contributed by atoms with E-state index in [1.165, 1.54) is 0 Å². The van der Waals surface area contributed by atoms with Crippen LogP contribution in [0.2, 0.25) is 0 Å². The predicted octanol–water partition coefficient (Wildman–Crippen LogP) is 0.621. The molecule has 0 aliphatic heterocycles. The van der Waals surface area contributed by atoms with Crippen LogP contribution in [-0.4, -0.2) is 25.0 Å². The monoisotopic (exact) mass is 198 g/mol. The number of hydrogen-bond acceptors (Lipinski definition) is 7. The van der Waals surface area contributed by atoms with Crippen molar-refractivity contribution in [1.29, 1.82) is 0 Å². The molecule has 60 valence electrons. The normalized spacial score (nSPS) is 10.0. The number of nitrogens with zero attached hydrogens (tertiary/aromatic N) is 4. The Morgan fingerprint density at radius 1 is 1.08 bits per heavy atom. The van der Waals surface area contributed by atoms with Crippen LogP contribution in [0.1, 0.15) is 16.2 Å². The Bertz CT molecular complexity index is 332. The second-order valence-electron chi connectivity index (χ2n) is 1.91. The van der Waals surface area contributed by atoms with Crippen LogP contribution in [0.5, 0.6) is 0 Å². The molecule has 0 unspecified atom stereocenters. The van der Waals surface area contributed by atoms with Gasteiger partial charge >= 0.3 is 0 Å². The van der Waals surface area contributed by atoms with Gasteiger partial charge in [-0.3, -0.25) is 4.79 Å². The van der Waals surface area contributed by atoms with Crippen molar-refractivity contribution in [1.82, 2.24) is 19.2 Å². The molecule has 2 aromatic heterocycles. The lowest BCUT2D eigenvalue weighted by Gasteiger charge is -1.85. The molecule has 0 amide bonds. The molecule has 0 aromatic carbocycles. The summed E-state index contributed by atoms with van der Waals surface area (Å²) in [4.78, 5) is 11.4. The van der Waals surface area contributed by atoms with Gasteiger partial charge in [0.15, 0.2) is 0 Å². The highest BCUT2D eigenvalue weighted by molar-refractivity contribution is 7.04. The minimum atomic E-state index is -0.225. The van der Waals surface area contributed by atoms with Gasteiger partial charge in [-0.1, -0.05) is 8.98 Å². The molecule has 12 heavy (non-hydrogen) atoms. The molecule has 2 rings (SSSR count).